The fraction of sp³-hybridized carbons (Fsp3) is 1.00. The maximum absolute atomic E-state index is 6.49. The van der Waals surface area contributed by atoms with E-state index in [-0.39, 0.29) is 5.54 Å². The predicted octanol–water partition coefficient (Wildman–Crippen LogP) is 2.01. The molecule has 3 heteroatoms. The molecule has 0 aromatic rings. The molecule has 0 saturated carbocycles. The minimum Gasteiger partial charge on any atom is -0.381 e. The molecule has 0 aromatic heterocycles. The zero-order valence-corrected chi connectivity index (χ0v) is 11.5. The second-order valence-corrected chi connectivity index (χ2v) is 6.77. The predicted molar refractivity (Wildman–Crippen MR) is 71.0 cm³/mol. The fourth-order valence-electron chi connectivity index (χ4n) is 3.02. The second kappa shape index (κ2) is 5.25. The van der Waals surface area contributed by atoms with Gasteiger partial charge in [-0.2, -0.15) is 0 Å². The fourth-order valence-corrected chi connectivity index (χ4v) is 3.02. The van der Waals surface area contributed by atoms with Gasteiger partial charge in [0, 0.05) is 25.3 Å². The molecule has 2 rings (SSSR count). The Morgan fingerprint density at radius 2 is 1.76 bits per heavy atom. The summed E-state index contributed by atoms with van der Waals surface area (Å²) in [4.78, 5) is 2.58. The van der Waals surface area contributed by atoms with Gasteiger partial charge in [0.15, 0.2) is 0 Å². The van der Waals surface area contributed by atoms with Gasteiger partial charge in [-0.1, -0.05) is 13.8 Å². The first-order chi connectivity index (χ1) is 7.99. The van der Waals surface area contributed by atoms with E-state index >= 15 is 0 Å². The molecule has 2 aliphatic rings. The van der Waals surface area contributed by atoms with E-state index in [0.29, 0.717) is 5.41 Å². The van der Waals surface area contributed by atoms with Crippen LogP contribution >= 0.6 is 0 Å². The van der Waals surface area contributed by atoms with E-state index in [9.17, 15) is 0 Å². The molecular formula is C14H28N2O. The smallest absolute Gasteiger partial charge is 0.0484 e. The lowest BCUT2D eigenvalue weighted by molar-refractivity contribution is 0.0377. The highest BCUT2D eigenvalue weighted by Gasteiger charge is 2.32. The van der Waals surface area contributed by atoms with Crippen molar-refractivity contribution < 1.29 is 4.74 Å². The van der Waals surface area contributed by atoms with Crippen LogP contribution in [0.4, 0.5) is 0 Å². The highest BCUT2D eigenvalue weighted by Crippen LogP contribution is 2.30. The molecule has 17 heavy (non-hydrogen) atoms. The van der Waals surface area contributed by atoms with E-state index in [4.69, 9.17) is 10.5 Å². The van der Waals surface area contributed by atoms with E-state index in [1.165, 1.54) is 32.4 Å². The van der Waals surface area contributed by atoms with Crippen molar-refractivity contribution in [1.29, 1.82) is 0 Å². The summed E-state index contributed by atoms with van der Waals surface area (Å²) in [5, 5.41) is 0. The van der Waals surface area contributed by atoms with E-state index in [2.05, 4.69) is 18.7 Å². The van der Waals surface area contributed by atoms with Gasteiger partial charge in [-0.25, -0.2) is 0 Å². The first-order valence-electron chi connectivity index (χ1n) is 7.08. The Labute approximate surface area is 106 Å². The molecule has 3 nitrogen and oxygen atoms in total. The third-order valence-corrected chi connectivity index (χ3v) is 4.46. The number of hydrogen-bond donors (Lipinski definition) is 1. The molecule has 0 spiro atoms. The summed E-state index contributed by atoms with van der Waals surface area (Å²) in [5.41, 5.74) is 7.01. The molecule has 2 saturated heterocycles. The summed E-state index contributed by atoms with van der Waals surface area (Å²) in [5.74, 6) is 0. The van der Waals surface area contributed by atoms with Crippen molar-refractivity contribution in [1.82, 2.24) is 4.90 Å². The number of nitrogens with zero attached hydrogens (tertiary/aromatic N) is 1. The normalized spacial score (nSPS) is 29.8. The highest BCUT2D eigenvalue weighted by atomic mass is 16.5. The summed E-state index contributed by atoms with van der Waals surface area (Å²) in [7, 11) is 0. The molecule has 0 aromatic carbocycles. The molecule has 2 fully saturated rings. The van der Waals surface area contributed by atoms with E-state index < -0.39 is 0 Å². The maximum atomic E-state index is 6.49. The Bertz CT molecular complexity index is 247. The maximum Gasteiger partial charge on any atom is 0.0484 e. The molecule has 0 radical (unpaired) electrons. The largest absolute Gasteiger partial charge is 0.381 e. The third kappa shape index (κ3) is 3.94. The molecule has 100 valence electrons. The number of hydrogen-bond acceptors (Lipinski definition) is 3. The van der Waals surface area contributed by atoms with Gasteiger partial charge in [0.25, 0.3) is 0 Å². The Kier molecular flexibility index (Phi) is 4.11. The van der Waals surface area contributed by atoms with Crippen molar-refractivity contribution in [3.8, 4) is 0 Å². The van der Waals surface area contributed by atoms with Crippen LogP contribution in [-0.4, -0.2) is 43.3 Å². The lowest BCUT2D eigenvalue weighted by Crippen LogP contribution is -2.53. The van der Waals surface area contributed by atoms with Crippen LogP contribution in [0, 0.1) is 5.41 Å². The van der Waals surface area contributed by atoms with Crippen molar-refractivity contribution in [3.63, 3.8) is 0 Å². The van der Waals surface area contributed by atoms with E-state index in [0.717, 1.165) is 32.6 Å². The Morgan fingerprint density at radius 1 is 1.06 bits per heavy atom. The van der Waals surface area contributed by atoms with Crippen molar-refractivity contribution >= 4 is 0 Å². The molecule has 0 amide bonds. The molecular weight excluding hydrogens is 212 g/mol. The van der Waals surface area contributed by atoms with Gasteiger partial charge >= 0.3 is 0 Å². The Morgan fingerprint density at radius 3 is 2.47 bits per heavy atom. The molecule has 0 atom stereocenters. The number of ether oxygens (including phenoxy) is 1. The van der Waals surface area contributed by atoms with Gasteiger partial charge in [0.1, 0.15) is 0 Å². The zero-order valence-electron chi connectivity index (χ0n) is 11.5. The molecule has 0 unspecified atom stereocenters. The number of likely N-dealkylation sites (tertiary alicyclic amines) is 1. The molecule has 0 bridgehead atoms. The van der Waals surface area contributed by atoms with Crippen molar-refractivity contribution in [2.45, 2.75) is 51.5 Å². The van der Waals surface area contributed by atoms with Crippen LogP contribution in [0.15, 0.2) is 0 Å². The van der Waals surface area contributed by atoms with Gasteiger partial charge in [0.2, 0.25) is 0 Å². The van der Waals surface area contributed by atoms with E-state index in [1.54, 1.807) is 0 Å². The minimum atomic E-state index is 0.00668. The van der Waals surface area contributed by atoms with Crippen LogP contribution in [0.3, 0.4) is 0 Å². The zero-order chi connectivity index (χ0) is 12.4. The number of rotatable bonds is 2. The van der Waals surface area contributed by atoms with Gasteiger partial charge in [0.05, 0.1) is 0 Å². The summed E-state index contributed by atoms with van der Waals surface area (Å²) < 4.78 is 5.41. The van der Waals surface area contributed by atoms with Gasteiger partial charge in [-0.3, -0.25) is 0 Å². The summed E-state index contributed by atoms with van der Waals surface area (Å²) >= 11 is 0. The van der Waals surface area contributed by atoms with Crippen molar-refractivity contribution in [3.05, 3.63) is 0 Å². The SMILES string of the molecule is CC1(C)CCCN(CC2(N)CCOCC2)CC1. The second-order valence-electron chi connectivity index (χ2n) is 6.77. The topological polar surface area (TPSA) is 38.5 Å². The Balaban J connectivity index is 1.86. The molecule has 2 N–H and O–H groups in total. The number of nitrogens with two attached hydrogens (primary N) is 1. The summed E-state index contributed by atoms with van der Waals surface area (Å²) in [6, 6.07) is 0. The van der Waals surface area contributed by atoms with Crippen LogP contribution in [0.25, 0.3) is 0 Å². The van der Waals surface area contributed by atoms with Crippen LogP contribution in [0.1, 0.15) is 46.0 Å². The van der Waals surface area contributed by atoms with Crippen LogP contribution in [0.2, 0.25) is 0 Å². The van der Waals surface area contributed by atoms with Crippen LogP contribution in [-0.2, 0) is 4.74 Å². The van der Waals surface area contributed by atoms with Gasteiger partial charge in [-0.05, 0) is 50.6 Å². The van der Waals surface area contributed by atoms with Crippen LogP contribution in [0.5, 0.6) is 0 Å². The van der Waals surface area contributed by atoms with E-state index in [1.807, 2.05) is 0 Å². The van der Waals surface area contributed by atoms with Gasteiger partial charge in [-0.15, -0.1) is 0 Å². The lowest BCUT2D eigenvalue weighted by Gasteiger charge is -2.37. The standard InChI is InChI=1S/C14H28N2O/c1-13(2)4-3-8-16(9-5-13)12-14(15)6-10-17-11-7-14/h3-12,15H2,1-2H3. The monoisotopic (exact) mass is 240 g/mol. The minimum absolute atomic E-state index is 0.00668. The molecule has 2 aliphatic heterocycles. The average Bonchev–Trinajstić information content (AvgIpc) is 2.41. The van der Waals surface area contributed by atoms with Crippen molar-refractivity contribution in [2.75, 3.05) is 32.8 Å². The summed E-state index contributed by atoms with van der Waals surface area (Å²) in [6.07, 6.45) is 6.02. The lowest BCUT2D eigenvalue weighted by atomic mass is 9.85. The third-order valence-electron chi connectivity index (χ3n) is 4.46. The first-order valence-corrected chi connectivity index (χ1v) is 7.08. The van der Waals surface area contributed by atoms with Crippen molar-refractivity contribution in [2.24, 2.45) is 11.1 Å². The average molecular weight is 240 g/mol. The molecule has 2 heterocycles. The quantitative estimate of drug-likeness (QED) is 0.802. The summed E-state index contributed by atoms with van der Waals surface area (Å²) in [6.45, 7) is 9.97. The Hall–Kier alpha value is -0.120. The highest BCUT2D eigenvalue weighted by molar-refractivity contribution is 4.90. The van der Waals surface area contributed by atoms with Gasteiger partial charge < -0.3 is 15.4 Å². The van der Waals surface area contributed by atoms with Crippen LogP contribution < -0.4 is 5.73 Å². The molecule has 0 aliphatic carbocycles. The first kappa shape index (κ1) is 13.3.